The van der Waals surface area contributed by atoms with Crippen LogP contribution in [0.25, 0.3) is 0 Å². The Morgan fingerprint density at radius 2 is 2.30 bits per heavy atom. The minimum absolute atomic E-state index is 0.849. The Balaban J connectivity index is 2.96. The molecule has 0 spiro atoms. The first-order valence-electron chi connectivity index (χ1n) is 3.54. The Morgan fingerprint density at radius 1 is 1.60 bits per heavy atom. The third kappa shape index (κ3) is 6.17. The average molecular weight is 160 g/mol. The van der Waals surface area contributed by atoms with E-state index in [-0.39, 0.29) is 0 Å². The molecular formula is C8H16OS. The van der Waals surface area contributed by atoms with Crippen molar-refractivity contribution in [3.05, 3.63) is 12.2 Å². The van der Waals surface area contributed by atoms with Crippen LogP contribution in [0.15, 0.2) is 12.2 Å². The first-order chi connectivity index (χ1) is 4.81. The largest absolute Gasteiger partial charge is 0.384 e. The summed E-state index contributed by atoms with van der Waals surface area (Å²) in [6.07, 6.45) is 1.10. The molecule has 0 saturated carbocycles. The third-order valence-electron chi connectivity index (χ3n) is 1.24. The molecule has 0 aliphatic rings. The fourth-order valence-corrected chi connectivity index (χ4v) is 1.38. The average Bonchev–Trinajstić information content (AvgIpc) is 1.98. The highest BCUT2D eigenvalue weighted by molar-refractivity contribution is 7.99. The molecule has 0 aliphatic carbocycles. The van der Waals surface area contributed by atoms with Crippen LogP contribution >= 0.6 is 11.8 Å². The van der Waals surface area contributed by atoms with Gasteiger partial charge >= 0.3 is 0 Å². The van der Waals surface area contributed by atoms with Gasteiger partial charge in [-0.1, -0.05) is 19.1 Å². The molecule has 0 unspecified atom stereocenters. The van der Waals surface area contributed by atoms with Crippen molar-refractivity contribution in [3.8, 4) is 0 Å². The van der Waals surface area contributed by atoms with Crippen LogP contribution in [0, 0.1) is 0 Å². The third-order valence-corrected chi connectivity index (χ3v) is 2.31. The lowest BCUT2D eigenvalue weighted by Crippen LogP contribution is -1.93. The Morgan fingerprint density at radius 3 is 2.80 bits per heavy atom. The number of ether oxygens (including phenoxy) is 1. The van der Waals surface area contributed by atoms with Gasteiger partial charge in [-0.15, -0.1) is 0 Å². The Kier molecular flexibility index (Phi) is 7.20. The Labute approximate surface area is 67.8 Å². The van der Waals surface area contributed by atoms with Gasteiger partial charge in [0, 0.05) is 18.6 Å². The monoisotopic (exact) mass is 160 g/mol. The van der Waals surface area contributed by atoms with Crippen molar-refractivity contribution >= 4 is 11.8 Å². The zero-order valence-electron chi connectivity index (χ0n) is 6.85. The standard InChI is InChI=1S/C8H16OS/c1-4-8(2)7-10-6-5-9-3/h2,4-7H2,1,3H3. The maximum Gasteiger partial charge on any atom is 0.0553 e. The van der Waals surface area contributed by atoms with Crippen molar-refractivity contribution in [2.75, 3.05) is 25.2 Å². The van der Waals surface area contributed by atoms with Gasteiger partial charge in [-0.05, 0) is 6.42 Å². The van der Waals surface area contributed by atoms with E-state index in [1.54, 1.807) is 7.11 Å². The highest BCUT2D eigenvalue weighted by Gasteiger charge is 1.90. The van der Waals surface area contributed by atoms with Crippen molar-refractivity contribution in [1.29, 1.82) is 0 Å². The van der Waals surface area contributed by atoms with E-state index in [1.165, 1.54) is 5.57 Å². The van der Waals surface area contributed by atoms with E-state index in [0.717, 1.165) is 24.5 Å². The highest BCUT2D eigenvalue weighted by atomic mass is 32.2. The van der Waals surface area contributed by atoms with E-state index in [9.17, 15) is 0 Å². The van der Waals surface area contributed by atoms with E-state index >= 15 is 0 Å². The second-order valence-corrected chi connectivity index (χ2v) is 3.25. The van der Waals surface area contributed by atoms with E-state index in [0.29, 0.717) is 0 Å². The zero-order valence-corrected chi connectivity index (χ0v) is 7.67. The molecule has 0 aliphatic heterocycles. The number of hydrogen-bond acceptors (Lipinski definition) is 2. The topological polar surface area (TPSA) is 9.23 Å². The van der Waals surface area contributed by atoms with Crippen molar-refractivity contribution in [1.82, 2.24) is 0 Å². The van der Waals surface area contributed by atoms with Gasteiger partial charge < -0.3 is 4.74 Å². The van der Waals surface area contributed by atoms with Gasteiger partial charge in [-0.2, -0.15) is 11.8 Å². The van der Waals surface area contributed by atoms with E-state index in [2.05, 4.69) is 13.5 Å². The van der Waals surface area contributed by atoms with Crippen molar-refractivity contribution in [2.24, 2.45) is 0 Å². The van der Waals surface area contributed by atoms with E-state index in [4.69, 9.17) is 4.74 Å². The van der Waals surface area contributed by atoms with Crippen LogP contribution in [0.5, 0.6) is 0 Å². The normalized spacial score (nSPS) is 9.80. The summed E-state index contributed by atoms with van der Waals surface area (Å²) in [5, 5.41) is 0. The number of thioether (sulfide) groups is 1. The molecule has 0 aromatic carbocycles. The molecule has 0 aromatic heterocycles. The molecule has 2 heteroatoms. The number of rotatable bonds is 6. The minimum Gasteiger partial charge on any atom is -0.384 e. The fourth-order valence-electron chi connectivity index (χ4n) is 0.461. The summed E-state index contributed by atoms with van der Waals surface area (Å²) in [5.41, 5.74) is 1.32. The van der Waals surface area contributed by atoms with Gasteiger partial charge in [0.25, 0.3) is 0 Å². The lowest BCUT2D eigenvalue weighted by atomic mass is 10.3. The van der Waals surface area contributed by atoms with Gasteiger partial charge in [0.05, 0.1) is 6.61 Å². The van der Waals surface area contributed by atoms with Gasteiger partial charge in [0.1, 0.15) is 0 Å². The molecule has 0 N–H and O–H groups in total. The molecular weight excluding hydrogens is 144 g/mol. The smallest absolute Gasteiger partial charge is 0.0553 e. The molecule has 0 fully saturated rings. The summed E-state index contributed by atoms with van der Waals surface area (Å²) in [7, 11) is 1.73. The van der Waals surface area contributed by atoms with E-state index in [1.807, 2.05) is 11.8 Å². The van der Waals surface area contributed by atoms with Gasteiger partial charge in [0.2, 0.25) is 0 Å². The second kappa shape index (κ2) is 7.16. The molecule has 0 heterocycles. The maximum absolute atomic E-state index is 4.91. The molecule has 0 atom stereocenters. The molecule has 0 rings (SSSR count). The molecule has 10 heavy (non-hydrogen) atoms. The Bertz CT molecular complexity index is 91.3. The van der Waals surface area contributed by atoms with Crippen molar-refractivity contribution < 1.29 is 4.74 Å². The van der Waals surface area contributed by atoms with E-state index < -0.39 is 0 Å². The summed E-state index contributed by atoms with van der Waals surface area (Å²) < 4.78 is 4.91. The van der Waals surface area contributed by atoms with Crippen LogP contribution in [0.1, 0.15) is 13.3 Å². The van der Waals surface area contributed by atoms with Crippen LogP contribution < -0.4 is 0 Å². The van der Waals surface area contributed by atoms with Gasteiger partial charge in [-0.25, -0.2) is 0 Å². The maximum atomic E-state index is 4.91. The predicted octanol–water partition coefficient (Wildman–Crippen LogP) is 2.33. The molecule has 60 valence electrons. The SMILES string of the molecule is C=C(CC)CSCCOC. The second-order valence-electron chi connectivity index (χ2n) is 2.15. The quantitative estimate of drug-likeness (QED) is 0.435. The molecule has 0 saturated heterocycles. The minimum atomic E-state index is 0.849. The van der Waals surface area contributed by atoms with Gasteiger partial charge in [-0.3, -0.25) is 0 Å². The summed E-state index contributed by atoms with van der Waals surface area (Å²) in [6.45, 7) is 6.90. The Hall–Kier alpha value is 0.0500. The fraction of sp³-hybridized carbons (Fsp3) is 0.750. The van der Waals surface area contributed by atoms with Crippen LogP contribution in [0.4, 0.5) is 0 Å². The summed E-state index contributed by atoms with van der Waals surface area (Å²) in [5.74, 6) is 2.16. The number of hydrogen-bond donors (Lipinski definition) is 0. The highest BCUT2D eigenvalue weighted by Crippen LogP contribution is 2.07. The van der Waals surface area contributed by atoms with Gasteiger partial charge in [0.15, 0.2) is 0 Å². The lowest BCUT2D eigenvalue weighted by Gasteiger charge is -2.00. The van der Waals surface area contributed by atoms with Crippen molar-refractivity contribution in [2.45, 2.75) is 13.3 Å². The predicted molar refractivity (Wildman–Crippen MR) is 48.6 cm³/mol. The zero-order chi connectivity index (χ0) is 7.82. The molecule has 0 bridgehead atoms. The lowest BCUT2D eigenvalue weighted by molar-refractivity contribution is 0.218. The first kappa shape index (κ1) is 10.0. The van der Waals surface area contributed by atoms with Crippen LogP contribution in [-0.2, 0) is 4.74 Å². The van der Waals surface area contributed by atoms with Crippen LogP contribution in [-0.4, -0.2) is 25.2 Å². The molecule has 0 aromatic rings. The number of methoxy groups -OCH3 is 1. The molecule has 0 radical (unpaired) electrons. The van der Waals surface area contributed by atoms with Crippen molar-refractivity contribution in [3.63, 3.8) is 0 Å². The van der Waals surface area contributed by atoms with Crippen LogP contribution in [0.3, 0.4) is 0 Å². The first-order valence-corrected chi connectivity index (χ1v) is 4.70. The molecule has 0 amide bonds. The summed E-state index contributed by atoms with van der Waals surface area (Å²) in [4.78, 5) is 0. The summed E-state index contributed by atoms with van der Waals surface area (Å²) in [6, 6.07) is 0. The summed E-state index contributed by atoms with van der Waals surface area (Å²) >= 11 is 1.89. The molecule has 1 nitrogen and oxygen atoms in total. The van der Waals surface area contributed by atoms with Crippen LogP contribution in [0.2, 0.25) is 0 Å².